The second kappa shape index (κ2) is 11.4. The van der Waals surface area contributed by atoms with E-state index >= 15 is 0 Å². The highest BCUT2D eigenvalue weighted by molar-refractivity contribution is 7.99. The molecule has 0 unspecified atom stereocenters. The van der Waals surface area contributed by atoms with Crippen LogP contribution in [0, 0.1) is 0 Å². The first-order valence-electron chi connectivity index (χ1n) is 9.80. The standard InChI is InChI=1S/C22H26N4O3S/c1-3-23-21(27)16-30-22-25-24-20(26(22)13-14-28-2)15-29-19-12-8-7-11-18(19)17-9-5-4-6-10-17/h4-12H,3,13-16H2,1-2H3,(H,23,27). The Kier molecular flexibility index (Phi) is 8.29. The van der Waals surface area contributed by atoms with Crippen LogP contribution >= 0.6 is 11.8 Å². The van der Waals surface area contributed by atoms with E-state index < -0.39 is 0 Å². The van der Waals surface area contributed by atoms with Gasteiger partial charge in [0.1, 0.15) is 12.4 Å². The molecule has 158 valence electrons. The van der Waals surface area contributed by atoms with Crippen molar-refractivity contribution in [2.75, 3.05) is 26.0 Å². The molecule has 8 heteroatoms. The van der Waals surface area contributed by atoms with E-state index in [4.69, 9.17) is 9.47 Å². The van der Waals surface area contributed by atoms with Crippen LogP contribution in [-0.4, -0.2) is 46.7 Å². The number of hydrogen-bond donors (Lipinski definition) is 1. The molecule has 3 aromatic rings. The first-order valence-corrected chi connectivity index (χ1v) is 10.8. The number of thioether (sulfide) groups is 1. The number of rotatable bonds is 11. The number of para-hydroxylation sites is 1. The van der Waals surface area contributed by atoms with Crippen LogP contribution in [0.3, 0.4) is 0 Å². The zero-order valence-corrected chi connectivity index (χ0v) is 18.0. The summed E-state index contributed by atoms with van der Waals surface area (Å²) in [7, 11) is 1.65. The van der Waals surface area contributed by atoms with Gasteiger partial charge in [-0.05, 0) is 18.6 Å². The van der Waals surface area contributed by atoms with Crippen molar-refractivity contribution < 1.29 is 14.3 Å². The molecule has 0 bridgehead atoms. The SMILES string of the molecule is CCNC(=O)CSc1nnc(COc2ccccc2-c2ccccc2)n1CCOC. The minimum absolute atomic E-state index is 0.0293. The highest BCUT2D eigenvalue weighted by atomic mass is 32.2. The Morgan fingerprint density at radius 1 is 1.10 bits per heavy atom. The number of amides is 1. The fraction of sp³-hybridized carbons (Fsp3) is 0.318. The van der Waals surface area contributed by atoms with Crippen LogP contribution in [0.5, 0.6) is 5.75 Å². The molecule has 2 aromatic carbocycles. The molecule has 30 heavy (non-hydrogen) atoms. The van der Waals surface area contributed by atoms with Crippen LogP contribution in [0.15, 0.2) is 59.8 Å². The van der Waals surface area contributed by atoms with Crippen molar-refractivity contribution >= 4 is 17.7 Å². The summed E-state index contributed by atoms with van der Waals surface area (Å²) < 4.78 is 13.3. The lowest BCUT2D eigenvalue weighted by Gasteiger charge is -2.13. The third-order valence-corrected chi connectivity index (χ3v) is 5.31. The van der Waals surface area contributed by atoms with Crippen molar-refractivity contribution in [2.45, 2.75) is 25.2 Å². The van der Waals surface area contributed by atoms with Crippen molar-refractivity contribution in [1.29, 1.82) is 0 Å². The van der Waals surface area contributed by atoms with E-state index in [1.807, 2.05) is 54.0 Å². The first kappa shape index (κ1) is 21.9. The fourth-order valence-electron chi connectivity index (χ4n) is 2.91. The second-order valence-electron chi connectivity index (χ2n) is 6.44. The van der Waals surface area contributed by atoms with Crippen molar-refractivity contribution in [3.8, 4) is 16.9 Å². The van der Waals surface area contributed by atoms with E-state index in [1.165, 1.54) is 11.8 Å². The van der Waals surface area contributed by atoms with E-state index in [2.05, 4.69) is 27.6 Å². The minimum Gasteiger partial charge on any atom is -0.485 e. The third kappa shape index (κ3) is 5.84. The number of aromatic nitrogens is 3. The van der Waals surface area contributed by atoms with Gasteiger partial charge in [0.2, 0.25) is 5.91 Å². The molecule has 0 fully saturated rings. The molecule has 0 aliphatic heterocycles. The molecule has 1 N–H and O–H groups in total. The molecule has 1 aromatic heterocycles. The Morgan fingerprint density at radius 3 is 2.63 bits per heavy atom. The average molecular weight is 427 g/mol. The van der Waals surface area contributed by atoms with Gasteiger partial charge >= 0.3 is 0 Å². The number of nitrogens with zero attached hydrogens (tertiary/aromatic N) is 3. The van der Waals surface area contributed by atoms with Gasteiger partial charge in [-0.15, -0.1) is 10.2 Å². The number of benzene rings is 2. The van der Waals surface area contributed by atoms with Crippen molar-refractivity contribution in [3.63, 3.8) is 0 Å². The molecule has 0 spiro atoms. The molecule has 1 heterocycles. The minimum atomic E-state index is -0.0293. The third-order valence-electron chi connectivity index (χ3n) is 4.35. The predicted octanol–water partition coefficient (Wildman–Crippen LogP) is 3.40. The molecule has 0 atom stereocenters. The summed E-state index contributed by atoms with van der Waals surface area (Å²) in [5.74, 6) is 1.73. The molecule has 0 aliphatic carbocycles. The van der Waals surface area contributed by atoms with Crippen LogP contribution in [0.2, 0.25) is 0 Å². The summed E-state index contributed by atoms with van der Waals surface area (Å²) in [6.45, 7) is 3.87. The summed E-state index contributed by atoms with van der Waals surface area (Å²) in [5.41, 5.74) is 2.11. The van der Waals surface area contributed by atoms with Crippen LogP contribution < -0.4 is 10.1 Å². The van der Waals surface area contributed by atoms with Gasteiger partial charge in [-0.2, -0.15) is 0 Å². The number of nitrogens with one attached hydrogen (secondary N) is 1. The maximum atomic E-state index is 11.8. The lowest BCUT2D eigenvalue weighted by Crippen LogP contribution is -2.24. The Morgan fingerprint density at radius 2 is 1.87 bits per heavy atom. The van der Waals surface area contributed by atoms with Crippen molar-refractivity contribution in [1.82, 2.24) is 20.1 Å². The summed E-state index contributed by atoms with van der Waals surface area (Å²) in [6, 6.07) is 18.0. The molecule has 0 saturated carbocycles. The number of carbonyl (C=O) groups excluding carboxylic acids is 1. The Bertz CT molecular complexity index is 947. The van der Waals surface area contributed by atoms with Crippen LogP contribution in [0.4, 0.5) is 0 Å². The fourth-order valence-corrected chi connectivity index (χ4v) is 3.72. The van der Waals surface area contributed by atoms with Crippen LogP contribution in [-0.2, 0) is 22.7 Å². The molecule has 3 rings (SSSR count). The van der Waals surface area contributed by atoms with Gasteiger partial charge < -0.3 is 19.4 Å². The average Bonchev–Trinajstić information content (AvgIpc) is 3.17. The van der Waals surface area contributed by atoms with Crippen molar-refractivity contribution in [2.24, 2.45) is 0 Å². The van der Waals surface area contributed by atoms with Gasteiger partial charge in [-0.3, -0.25) is 4.79 Å². The highest BCUT2D eigenvalue weighted by Gasteiger charge is 2.15. The predicted molar refractivity (Wildman–Crippen MR) is 118 cm³/mol. The van der Waals surface area contributed by atoms with E-state index in [-0.39, 0.29) is 18.3 Å². The monoisotopic (exact) mass is 426 g/mol. The maximum Gasteiger partial charge on any atom is 0.230 e. The van der Waals surface area contributed by atoms with Gasteiger partial charge in [-0.1, -0.05) is 60.3 Å². The number of hydrogen-bond acceptors (Lipinski definition) is 6. The summed E-state index contributed by atoms with van der Waals surface area (Å²) >= 11 is 1.35. The van der Waals surface area contributed by atoms with Gasteiger partial charge in [-0.25, -0.2) is 0 Å². The summed E-state index contributed by atoms with van der Waals surface area (Å²) in [4.78, 5) is 11.8. The van der Waals surface area contributed by atoms with E-state index in [0.29, 0.717) is 30.7 Å². The van der Waals surface area contributed by atoms with Crippen molar-refractivity contribution in [3.05, 3.63) is 60.4 Å². The van der Waals surface area contributed by atoms with Gasteiger partial charge in [0.05, 0.1) is 12.4 Å². The maximum absolute atomic E-state index is 11.8. The Balaban J connectivity index is 1.74. The molecule has 0 radical (unpaired) electrons. The quantitative estimate of drug-likeness (QED) is 0.474. The van der Waals surface area contributed by atoms with Crippen LogP contribution in [0.1, 0.15) is 12.7 Å². The molecular weight excluding hydrogens is 400 g/mol. The van der Waals surface area contributed by atoms with E-state index in [9.17, 15) is 4.79 Å². The van der Waals surface area contributed by atoms with Gasteiger partial charge in [0, 0.05) is 25.8 Å². The van der Waals surface area contributed by atoms with Gasteiger partial charge in [0.25, 0.3) is 0 Å². The molecular formula is C22H26N4O3S. The van der Waals surface area contributed by atoms with E-state index in [1.54, 1.807) is 7.11 Å². The normalized spacial score (nSPS) is 10.7. The number of methoxy groups -OCH3 is 1. The highest BCUT2D eigenvalue weighted by Crippen LogP contribution is 2.30. The second-order valence-corrected chi connectivity index (χ2v) is 7.38. The number of carbonyl (C=O) groups is 1. The van der Waals surface area contributed by atoms with Crippen LogP contribution in [0.25, 0.3) is 11.1 Å². The zero-order valence-electron chi connectivity index (χ0n) is 17.2. The topological polar surface area (TPSA) is 78.3 Å². The molecule has 7 nitrogen and oxygen atoms in total. The summed E-state index contributed by atoms with van der Waals surface area (Å²) in [6.07, 6.45) is 0. The molecule has 1 amide bonds. The lowest BCUT2D eigenvalue weighted by atomic mass is 10.1. The Hall–Kier alpha value is -2.84. The lowest BCUT2D eigenvalue weighted by molar-refractivity contribution is -0.118. The summed E-state index contributed by atoms with van der Waals surface area (Å²) in [5, 5.41) is 12.0. The molecule has 0 aliphatic rings. The Labute approximate surface area is 180 Å². The largest absolute Gasteiger partial charge is 0.485 e. The van der Waals surface area contributed by atoms with Gasteiger partial charge in [0.15, 0.2) is 11.0 Å². The zero-order chi connectivity index (χ0) is 21.2. The first-order chi connectivity index (χ1) is 14.7. The smallest absolute Gasteiger partial charge is 0.230 e. The molecule has 0 saturated heterocycles. The number of ether oxygens (including phenoxy) is 2. The van der Waals surface area contributed by atoms with E-state index in [0.717, 1.165) is 16.9 Å².